The van der Waals surface area contributed by atoms with Crippen molar-refractivity contribution >= 4 is 22.6 Å². The number of alkyl halides is 1. The molecule has 0 amide bonds. The van der Waals surface area contributed by atoms with Crippen LogP contribution in [-0.2, 0) is 0 Å². The van der Waals surface area contributed by atoms with Crippen molar-refractivity contribution in [2.75, 3.05) is 4.43 Å². The summed E-state index contributed by atoms with van der Waals surface area (Å²) in [6, 6.07) is 0. The Morgan fingerprint density at radius 2 is 1.80 bits per heavy atom. The van der Waals surface area contributed by atoms with Crippen LogP contribution < -0.4 is 0 Å². The van der Waals surface area contributed by atoms with Crippen molar-refractivity contribution in [3.05, 3.63) is 23.8 Å². The molecule has 0 aliphatic carbocycles. The zero-order valence-electron chi connectivity index (χ0n) is 10.3. The van der Waals surface area contributed by atoms with Crippen molar-refractivity contribution in [3.63, 3.8) is 0 Å². The lowest BCUT2D eigenvalue weighted by Crippen LogP contribution is -1.76. The highest BCUT2D eigenvalue weighted by molar-refractivity contribution is 14.1. The third-order valence-corrected chi connectivity index (χ3v) is 3.05. The second-order valence-electron chi connectivity index (χ2n) is 4.03. The highest BCUT2D eigenvalue weighted by Gasteiger charge is 1.87. The molecule has 0 rings (SSSR count). The molecule has 0 aromatic heterocycles. The smallest absolute Gasteiger partial charge is 0.00301 e. The average molecular weight is 320 g/mol. The van der Waals surface area contributed by atoms with Gasteiger partial charge < -0.3 is 0 Å². The molecule has 0 aliphatic heterocycles. The summed E-state index contributed by atoms with van der Waals surface area (Å²) in [5, 5.41) is 0. The van der Waals surface area contributed by atoms with Gasteiger partial charge in [0.2, 0.25) is 0 Å². The average Bonchev–Trinajstić information content (AvgIpc) is 2.25. The van der Waals surface area contributed by atoms with Crippen LogP contribution in [0.5, 0.6) is 0 Å². The molecule has 0 radical (unpaired) electrons. The summed E-state index contributed by atoms with van der Waals surface area (Å²) >= 11 is 2.42. The summed E-state index contributed by atoms with van der Waals surface area (Å²) in [5.74, 6) is 0. The molecule has 0 aromatic rings. The van der Waals surface area contributed by atoms with Crippen LogP contribution in [0.15, 0.2) is 23.8 Å². The third-order valence-electron chi connectivity index (χ3n) is 2.43. The normalized spacial score (nSPS) is 12.6. The lowest BCUT2D eigenvalue weighted by Gasteiger charge is -1.96. The van der Waals surface area contributed by atoms with Gasteiger partial charge in [0.25, 0.3) is 0 Å². The molecule has 0 saturated heterocycles. The molecule has 15 heavy (non-hydrogen) atoms. The molecule has 0 nitrogen and oxygen atoms in total. The minimum atomic E-state index is 1.20. The molecule has 0 heterocycles. The number of rotatable bonds is 9. The molecule has 0 aromatic carbocycles. The molecule has 0 spiro atoms. The maximum Gasteiger partial charge on any atom is 0.00301 e. The quantitative estimate of drug-likeness (QED) is 0.222. The maximum absolute atomic E-state index is 2.42. The van der Waals surface area contributed by atoms with Crippen molar-refractivity contribution in [2.45, 2.75) is 58.8 Å². The lowest BCUT2D eigenvalue weighted by atomic mass is 10.1. The Labute approximate surface area is 109 Å². The van der Waals surface area contributed by atoms with Gasteiger partial charge in [-0.25, -0.2) is 0 Å². The Morgan fingerprint density at radius 1 is 1.07 bits per heavy atom. The van der Waals surface area contributed by atoms with Crippen molar-refractivity contribution in [3.8, 4) is 0 Å². The molecule has 0 fully saturated rings. The largest absolute Gasteiger partial charge is 0.0860 e. The van der Waals surface area contributed by atoms with Crippen LogP contribution in [0.25, 0.3) is 0 Å². The Morgan fingerprint density at radius 3 is 2.47 bits per heavy atom. The summed E-state index contributed by atoms with van der Waals surface area (Å²) < 4.78 is 1.22. The zero-order valence-corrected chi connectivity index (χ0v) is 12.4. The van der Waals surface area contributed by atoms with Gasteiger partial charge in [0.1, 0.15) is 0 Å². The van der Waals surface area contributed by atoms with Gasteiger partial charge in [-0.3, -0.25) is 0 Å². The van der Waals surface area contributed by atoms with Gasteiger partial charge in [-0.15, -0.1) is 0 Å². The van der Waals surface area contributed by atoms with Crippen molar-refractivity contribution in [1.82, 2.24) is 0 Å². The van der Waals surface area contributed by atoms with Crippen LogP contribution in [-0.4, -0.2) is 4.43 Å². The highest BCUT2D eigenvalue weighted by Crippen LogP contribution is 2.06. The van der Waals surface area contributed by atoms with Gasteiger partial charge in [0, 0.05) is 4.43 Å². The van der Waals surface area contributed by atoms with Crippen LogP contribution >= 0.6 is 22.6 Å². The standard InChI is InChI=1S/C14H25I/c1-3-4-5-6-7-8-9-11-14(2)12-10-13-15/h9,11-12H,3-8,10,13H2,1-2H3/b11-9+,14-12+. The van der Waals surface area contributed by atoms with Crippen LogP contribution in [0, 0.1) is 0 Å². The number of halogens is 1. The van der Waals surface area contributed by atoms with E-state index in [9.17, 15) is 0 Å². The van der Waals surface area contributed by atoms with E-state index in [4.69, 9.17) is 0 Å². The van der Waals surface area contributed by atoms with E-state index in [1.807, 2.05) is 0 Å². The molecule has 0 atom stereocenters. The molecule has 0 N–H and O–H groups in total. The fraction of sp³-hybridized carbons (Fsp3) is 0.714. The number of unbranched alkanes of at least 4 members (excludes halogenated alkanes) is 5. The minimum absolute atomic E-state index is 1.20. The number of allylic oxidation sites excluding steroid dienone is 4. The molecule has 0 aliphatic rings. The number of hydrogen-bond acceptors (Lipinski definition) is 0. The Balaban J connectivity index is 3.37. The molecular weight excluding hydrogens is 295 g/mol. The molecule has 0 saturated carbocycles. The zero-order chi connectivity index (χ0) is 11.4. The monoisotopic (exact) mass is 320 g/mol. The van der Waals surface area contributed by atoms with Crippen molar-refractivity contribution < 1.29 is 0 Å². The van der Waals surface area contributed by atoms with Gasteiger partial charge in [-0.05, 0) is 26.2 Å². The Bertz CT molecular complexity index is 180. The molecule has 88 valence electrons. The first-order valence-electron chi connectivity index (χ1n) is 6.20. The highest BCUT2D eigenvalue weighted by atomic mass is 127. The van der Waals surface area contributed by atoms with Gasteiger partial charge in [0.15, 0.2) is 0 Å². The summed E-state index contributed by atoms with van der Waals surface area (Å²) in [6.07, 6.45) is 16.3. The second-order valence-corrected chi connectivity index (χ2v) is 5.11. The first-order chi connectivity index (χ1) is 7.31. The summed E-state index contributed by atoms with van der Waals surface area (Å²) in [6.45, 7) is 4.46. The fourth-order valence-corrected chi connectivity index (χ4v) is 1.80. The van der Waals surface area contributed by atoms with Gasteiger partial charge in [0.05, 0.1) is 0 Å². The second kappa shape index (κ2) is 12.3. The van der Waals surface area contributed by atoms with E-state index >= 15 is 0 Å². The van der Waals surface area contributed by atoms with E-state index < -0.39 is 0 Å². The van der Waals surface area contributed by atoms with Gasteiger partial charge in [-0.1, -0.05) is 79.0 Å². The SMILES string of the molecule is CCCCCCC/C=C/C(C)=C/CCI. The van der Waals surface area contributed by atoms with Gasteiger partial charge in [-0.2, -0.15) is 0 Å². The van der Waals surface area contributed by atoms with E-state index in [0.29, 0.717) is 0 Å². The topological polar surface area (TPSA) is 0 Å². The number of hydrogen-bond donors (Lipinski definition) is 0. The Kier molecular flexibility index (Phi) is 12.5. The van der Waals surface area contributed by atoms with Crippen LogP contribution in [0.1, 0.15) is 58.8 Å². The van der Waals surface area contributed by atoms with Crippen LogP contribution in [0.2, 0.25) is 0 Å². The summed E-state index contributed by atoms with van der Waals surface area (Å²) in [7, 11) is 0. The molecular formula is C14H25I. The minimum Gasteiger partial charge on any atom is -0.0860 e. The van der Waals surface area contributed by atoms with E-state index in [1.54, 1.807) is 0 Å². The molecule has 0 unspecified atom stereocenters. The van der Waals surface area contributed by atoms with Crippen LogP contribution in [0.3, 0.4) is 0 Å². The van der Waals surface area contributed by atoms with Gasteiger partial charge >= 0.3 is 0 Å². The van der Waals surface area contributed by atoms with Crippen molar-refractivity contribution in [1.29, 1.82) is 0 Å². The molecule has 0 bridgehead atoms. The molecule has 1 heteroatoms. The first-order valence-corrected chi connectivity index (χ1v) is 7.73. The summed E-state index contributed by atoms with van der Waals surface area (Å²) in [4.78, 5) is 0. The van der Waals surface area contributed by atoms with Crippen molar-refractivity contribution in [2.24, 2.45) is 0 Å². The van der Waals surface area contributed by atoms with E-state index in [1.165, 1.54) is 54.9 Å². The van der Waals surface area contributed by atoms with E-state index in [-0.39, 0.29) is 0 Å². The first kappa shape index (κ1) is 15.2. The fourth-order valence-electron chi connectivity index (χ4n) is 1.49. The predicted molar refractivity (Wildman–Crippen MR) is 79.8 cm³/mol. The van der Waals surface area contributed by atoms with E-state index in [2.05, 4.69) is 54.7 Å². The maximum atomic E-state index is 2.42. The Hall–Kier alpha value is 0.210. The van der Waals surface area contributed by atoms with E-state index in [0.717, 1.165) is 0 Å². The summed E-state index contributed by atoms with van der Waals surface area (Å²) in [5.41, 5.74) is 1.42. The lowest BCUT2D eigenvalue weighted by molar-refractivity contribution is 0.637. The van der Waals surface area contributed by atoms with Crippen LogP contribution in [0.4, 0.5) is 0 Å². The predicted octanol–water partition coefficient (Wildman–Crippen LogP) is 5.67. The third kappa shape index (κ3) is 12.1.